The first-order valence-corrected chi connectivity index (χ1v) is 12.7. The van der Waals surface area contributed by atoms with E-state index in [-0.39, 0.29) is 17.1 Å². The van der Waals surface area contributed by atoms with Crippen molar-refractivity contribution in [2.45, 2.75) is 30.4 Å². The molecule has 1 aromatic carbocycles. The highest BCUT2D eigenvalue weighted by Crippen LogP contribution is 2.36. The van der Waals surface area contributed by atoms with Crippen molar-refractivity contribution in [2.75, 3.05) is 23.3 Å². The van der Waals surface area contributed by atoms with Gasteiger partial charge in [-0.25, -0.2) is 13.4 Å². The lowest BCUT2D eigenvalue weighted by molar-refractivity contribution is -0.118. The fourth-order valence-corrected chi connectivity index (χ4v) is 6.17. The molecule has 166 valence electrons. The average Bonchev–Trinajstić information content (AvgIpc) is 3.48. The number of ether oxygens (including phenoxy) is 1. The Kier molecular flexibility index (Phi) is 5.34. The maximum atomic E-state index is 13.1. The van der Waals surface area contributed by atoms with Gasteiger partial charge in [-0.1, -0.05) is 12.1 Å². The third kappa shape index (κ3) is 4.07. The molecule has 1 aliphatic carbocycles. The third-order valence-electron chi connectivity index (χ3n) is 5.74. The molecule has 0 bridgehead atoms. The van der Waals surface area contributed by atoms with Crippen LogP contribution in [0.15, 0.2) is 48.1 Å². The molecular weight excluding hydrogens is 448 g/mol. The molecular formula is C22H22N4O4S2. The lowest BCUT2D eigenvalue weighted by Gasteiger charge is -2.17. The molecule has 1 saturated heterocycles. The van der Waals surface area contributed by atoms with E-state index in [1.165, 1.54) is 11.3 Å². The highest BCUT2D eigenvalue weighted by atomic mass is 32.2. The number of amides is 1. The fourth-order valence-electron chi connectivity index (χ4n) is 3.81. The van der Waals surface area contributed by atoms with E-state index >= 15 is 0 Å². The summed E-state index contributed by atoms with van der Waals surface area (Å²) in [6.45, 7) is 0.588. The topological polar surface area (TPSA) is 101 Å². The van der Waals surface area contributed by atoms with Crippen LogP contribution in [0.5, 0.6) is 5.75 Å². The molecule has 8 nitrogen and oxygen atoms in total. The number of pyridine rings is 1. The summed E-state index contributed by atoms with van der Waals surface area (Å²) >= 11 is 1.22. The van der Waals surface area contributed by atoms with Gasteiger partial charge in [0.25, 0.3) is 0 Å². The van der Waals surface area contributed by atoms with Crippen LogP contribution in [0, 0.1) is 0 Å². The maximum Gasteiger partial charge on any atom is 0.237 e. The molecule has 0 radical (unpaired) electrons. The Balaban J connectivity index is 1.29. The third-order valence-corrected chi connectivity index (χ3v) is 8.47. The molecule has 2 aliphatic rings. The van der Waals surface area contributed by atoms with Gasteiger partial charge in [-0.15, -0.1) is 11.3 Å². The normalized spacial score (nSPS) is 18.7. The van der Waals surface area contributed by atoms with Gasteiger partial charge >= 0.3 is 0 Å². The van der Waals surface area contributed by atoms with Crippen LogP contribution in [0.25, 0.3) is 11.1 Å². The second kappa shape index (κ2) is 8.18. The molecule has 1 atom stereocenters. The van der Waals surface area contributed by atoms with Gasteiger partial charge < -0.3 is 9.64 Å². The van der Waals surface area contributed by atoms with Crippen molar-refractivity contribution in [3.8, 4) is 16.9 Å². The van der Waals surface area contributed by atoms with Gasteiger partial charge in [0.05, 0.1) is 30.2 Å². The molecule has 1 aliphatic heterocycles. The molecule has 3 aromatic rings. The Labute approximate surface area is 190 Å². The predicted molar refractivity (Wildman–Crippen MR) is 124 cm³/mol. The number of hydrogen-bond acceptors (Lipinski definition) is 7. The van der Waals surface area contributed by atoms with E-state index in [4.69, 9.17) is 4.74 Å². The van der Waals surface area contributed by atoms with Crippen LogP contribution < -0.4 is 14.4 Å². The van der Waals surface area contributed by atoms with E-state index in [0.29, 0.717) is 42.4 Å². The van der Waals surface area contributed by atoms with E-state index in [1.807, 2.05) is 30.3 Å². The van der Waals surface area contributed by atoms with Gasteiger partial charge in [-0.05, 0) is 43.0 Å². The largest absolute Gasteiger partial charge is 0.495 e. The minimum Gasteiger partial charge on any atom is -0.495 e. The summed E-state index contributed by atoms with van der Waals surface area (Å²) in [7, 11) is -1.76. The molecule has 3 heterocycles. The number of carbonyl (C=O) groups is 1. The van der Waals surface area contributed by atoms with E-state index in [1.54, 1.807) is 29.8 Å². The first-order chi connectivity index (χ1) is 15.4. The number of nitrogens with zero attached hydrogens (tertiary/aromatic N) is 3. The molecule has 1 unspecified atom stereocenters. The SMILES string of the molecule is COc1cncc(-c2ccc(N3CCC(c4csc(NS(=O)(=O)C5CC5)n4)C3=O)cc2)c1. The van der Waals surface area contributed by atoms with E-state index in [9.17, 15) is 13.2 Å². The number of rotatable bonds is 7. The Morgan fingerprint density at radius 2 is 1.91 bits per heavy atom. The number of nitrogens with one attached hydrogen (secondary N) is 1. The van der Waals surface area contributed by atoms with Crippen molar-refractivity contribution in [3.05, 3.63) is 53.8 Å². The summed E-state index contributed by atoms with van der Waals surface area (Å²) in [5.74, 6) is 0.293. The number of hydrogen-bond donors (Lipinski definition) is 1. The zero-order chi connectivity index (χ0) is 22.3. The van der Waals surface area contributed by atoms with Crippen molar-refractivity contribution < 1.29 is 17.9 Å². The first kappa shape index (κ1) is 20.9. The van der Waals surface area contributed by atoms with Crippen LogP contribution >= 0.6 is 11.3 Å². The van der Waals surface area contributed by atoms with Gasteiger partial charge in [0.2, 0.25) is 15.9 Å². The van der Waals surface area contributed by atoms with E-state index in [2.05, 4.69) is 14.7 Å². The number of benzene rings is 1. The first-order valence-electron chi connectivity index (χ1n) is 10.3. The summed E-state index contributed by atoms with van der Waals surface area (Å²) in [6.07, 6.45) is 5.44. The molecule has 2 fully saturated rings. The molecule has 10 heteroatoms. The van der Waals surface area contributed by atoms with Crippen LogP contribution in [0.4, 0.5) is 10.8 Å². The quantitative estimate of drug-likeness (QED) is 0.566. The lowest BCUT2D eigenvalue weighted by Crippen LogP contribution is -2.26. The summed E-state index contributed by atoms with van der Waals surface area (Å²) in [6, 6.07) is 9.67. The molecule has 0 spiro atoms. The maximum absolute atomic E-state index is 13.1. The highest BCUT2D eigenvalue weighted by Gasteiger charge is 2.38. The molecule has 5 rings (SSSR count). The van der Waals surface area contributed by atoms with Gasteiger partial charge in [-0.2, -0.15) is 0 Å². The summed E-state index contributed by atoms with van der Waals surface area (Å²) in [5, 5.41) is 1.79. The second-order valence-corrected chi connectivity index (χ2v) is 10.7. The minimum absolute atomic E-state index is 0.0253. The minimum atomic E-state index is -3.36. The average molecular weight is 471 g/mol. The van der Waals surface area contributed by atoms with E-state index < -0.39 is 10.0 Å². The smallest absolute Gasteiger partial charge is 0.237 e. The molecule has 1 N–H and O–H groups in total. The number of anilines is 2. The number of carbonyl (C=O) groups excluding carboxylic acids is 1. The Bertz CT molecular complexity index is 1250. The van der Waals surface area contributed by atoms with Crippen LogP contribution in [0.2, 0.25) is 0 Å². The van der Waals surface area contributed by atoms with Crippen molar-refractivity contribution in [3.63, 3.8) is 0 Å². The van der Waals surface area contributed by atoms with Crippen molar-refractivity contribution >= 4 is 38.1 Å². The molecule has 1 amide bonds. The number of aromatic nitrogens is 2. The Morgan fingerprint density at radius 3 is 2.62 bits per heavy atom. The Morgan fingerprint density at radius 1 is 1.12 bits per heavy atom. The zero-order valence-electron chi connectivity index (χ0n) is 17.4. The van der Waals surface area contributed by atoms with Crippen LogP contribution in [0.3, 0.4) is 0 Å². The van der Waals surface area contributed by atoms with Crippen LogP contribution in [-0.4, -0.2) is 43.2 Å². The number of methoxy groups -OCH3 is 1. The van der Waals surface area contributed by atoms with E-state index in [0.717, 1.165) is 16.8 Å². The van der Waals surface area contributed by atoms with Gasteiger partial charge in [-0.3, -0.25) is 14.5 Å². The lowest BCUT2D eigenvalue weighted by atomic mass is 10.1. The van der Waals surface area contributed by atoms with Gasteiger partial charge in [0, 0.05) is 29.4 Å². The van der Waals surface area contributed by atoms with Crippen molar-refractivity contribution in [2.24, 2.45) is 0 Å². The standard InChI is InChI=1S/C22H22N4O4S2/c1-30-17-10-15(11-23-12-17)14-2-4-16(5-3-14)26-9-8-19(21(26)27)20-13-31-22(24-20)25-32(28,29)18-6-7-18/h2-5,10-13,18-19H,6-9H2,1H3,(H,24,25). The highest BCUT2D eigenvalue weighted by molar-refractivity contribution is 7.93. The number of sulfonamides is 1. The summed E-state index contributed by atoms with van der Waals surface area (Å²) < 4.78 is 32.0. The number of thiazole rings is 1. The zero-order valence-corrected chi connectivity index (χ0v) is 19.0. The predicted octanol–water partition coefficient (Wildman–Crippen LogP) is 3.64. The fraction of sp³-hybridized carbons (Fsp3) is 0.318. The van der Waals surface area contributed by atoms with Gasteiger partial charge in [0.1, 0.15) is 5.75 Å². The van der Waals surface area contributed by atoms with Crippen molar-refractivity contribution in [1.29, 1.82) is 0 Å². The molecule has 32 heavy (non-hydrogen) atoms. The molecule has 2 aromatic heterocycles. The monoisotopic (exact) mass is 470 g/mol. The second-order valence-electron chi connectivity index (χ2n) is 7.92. The van der Waals surface area contributed by atoms with Crippen LogP contribution in [0.1, 0.15) is 30.9 Å². The van der Waals surface area contributed by atoms with Crippen LogP contribution in [-0.2, 0) is 14.8 Å². The Hall–Kier alpha value is -2.98. The summed E-state index contributed by atoms with van der Waals surface area (Å²) in [5.41, 5.74) is 3.36. The van der Waals surface area contributed by atoms with Gasteiger partial charge in [0.15, 0.2) is 5.13 Å². The van der Waals surface area contributed by atoms with Crippen molar-refractivity contribution in [1.82, 2.24) is 9.97 Å². The molecule has 1 saturated carbocycles. The summed E-state index contributed by atoms with van der Waals surface area (Å²) in [4.78, 5) is 23.4.